The highest BCUT2D eigenvalue weighted by molar-refractivity contribution is 5.85. The van der Waals surface area contributed by atoms with Gasteiger partial charge in [0.1, 0.15) is 0 Å². The van der Waals surface area contributed by atoms with Crippen LogP contribution in [0.3, 0.4) is 0 Å². The number of hydrogen-bond acceptors (Lipinski definition) is 2. The van der Waals surface area contributed by atoms with Crippen molar-refractivity contribution in [3.05, 3.63) is 35.9 Å². The van der Waals surface area contributed by atoms with Gasteiger partial charge in [0.15, 0.2) is 0 Å². The van der Waals surface area contributed by atoms with Gasteiger partial charge >= 0.3 is 0 Å². The number of amides is 1. The molecule has 0 radical (unpaired) electrons. The summed E-state index contributed by atoms with van der Waals surface area (Å²) in [5.74, 6) is 0.871. The summed E-state index contributed by atoms with van der Waals surface area (Å²) in [4.78, 5) is 14.2. The van der Waals surface area contributed by atoms with Crippen LogP contribution in [0, 0.1) is 5.92 Å². The lowest BCUT2D eigenvalue weighted by molar-refractivity contribution is -0.134. The van der Waals surface area contributed by atoms with Crippen LogP contribution in [0.15, 0.2) is 30.3 Å². The maximum absolute atomic E-state index is 12.2. The fourth-order valence-corrected chi connectivity index (χ4v) is 2.34. The number of carbonyl (C=O) groups excluding carboxylic acids is 1. The molecule has 3 nitrogen and oxygen atoms in total. The first-order valence-electron chi connectivity index (χ1n) is 6.76. The summed E-state index contributed by atoms with van der Waals surface area (Å²) < 4.78 is 0. The molecule has 1 aromatic rings. The minimum Gasteiger partial charge on any atom is -0.335 e. The number of rotatable bonds is 6. The molecule has 1 unspecified atom stereocenters. The normalized spacial score (nSPS) is 15.5. The molecule has 0 aromatic heterocycles. The molecular formula is C15H23ClN2O. The summed E-state index contributed by atoms with van der Waals surface area (Å²) in [6.45, 7) is 3.30. The predicted octanol–water partition coefficient (Wildman–Crippen LogP) is 2.58. The molecule has 2 rings (SSSR count). The maximum atomic E-state index is 12.2. The van der Waals surface area contributed by atoms with Crippen LogP contribution in [0.4, 0.5) is 0 Å². The zero-order chi connectivity index (χ0) is 13.0. The maximum Gasteiger partial charge on any atom is 0.224 e. The van der Waals surface area contributed by atoms with Crippen molar-refractivity contribution in [3.8, 4) is 0 Å². The first kappa shape index (κ1) is 16.0. The quantitative estimate of drug-likeness (QED) is 0.872. The van der Waals surface area contributed by atoms with Gasteiger partial charge in [-0.3, -0.25) is 4.79 Å². The van der Waals surface area contributed by atoms with E-state index in [-0.39, 0.29) is 18.3 Å². The Hall–Kier alpha value is -1.06. The molecule has 1 amide bonds. The zero-order valence-corrected chi connectivity index (χ0v) is 12.2. The van der Waals surface area contributed by atoms with Gasteiger partial charge in [-0.05, 0) is 31.2 Å². The van der Waals surface area contributed by atoms with Crippen molar-refractivity contribution in [2.75, 3.05) is 6.54 Å². The van der Waals surface area contributed by atoms with Crippen molar-refractivity contribution in [1.82, 2.24) is 4.90 Å². The van der Waals surface area contributed by atoms with Crippen molar-refractivity contribution in [2.24, 2.45) is 11.7 Å². The highest BCUT2D eigenvalue weighted by Gasteiger charge is 2.33. The number of halogens is 1. The Morgan fingerprint density at radius 1 is 1.37 bits per heavy atom. The lowest BCUT2D eigenvalue weighted by Gasteiger charge is -2.29. The number of benzene rings is 1. The third-order valence-corrected chi connectivity index (χ3v) is 3.67. The molecule has 2 N–H and O–H groups in total. The standard InChI is InChI=1S/C15H22N2O.ClH/c1-12(14-7-8-14)17(15(18)9-10-16)11-13-5-3-2-4-6-13;/h2-6,12,14H,7-11,16H2,1H3;1H. The third kappa shape index (κ3) is 4.51. The monoisotopic (exact) mass is 282 g/mol. The molecule has 1 fully saturated rings. The van der Waals surface area contributed by atoms with Gasteiger partial charge in [0.2, 0.25) is 5.91 Å². The summed E-state index contributed by atoms with van der Waals surface area (Å²) in [5.41, 5.74) is 6.70. The van der Waals surface area contributed by atoms with E-state index in [4.69, 9.17) is 5.73 Å². The van der Waals surface area contributed by atoms with Crippen molar-refractivity contribution in [2.45, 2.75) is 38.8 Å². The van der Waals surface area contributed by atoms with Gasteiger partial charge in [-0.15, -0.1) is 12.4 Å². The highest BCUT2D eigenvalue weighted by atomic mass is 35.5. The van der Waals surface area contributed by atoms with Crippen LogP contribution in [-0.4, -0.2) is 23.4 Å². The average Bonchev–Trinajstić information content (AvgIpc) is 3.21. The summed E-state index contributed by atoms with van der Waals surface area (Å²) >= 11 is 0. The highest BCUT2D eigenvalue weighted by Crippen LogP contribution is 2.35. The summed E-state index contributed by atoms with van der Waals surface area (Å²) in [6.07, 6.45) is 2.95. The van der Waals surface area contributed by atoms with Gasteiger partial charge in [-0.2, -0.15) is 0 Å². The van der Waals surface area contributed by atoms with Crippen molar-refractivity contribution in [3.63, 3.8) is 0 Å². The summed E-state index contributed by atoms with van der Waals surface area (Å²) in [7, 11) is 0. The van der Waals surface area contributed by atoms with Gasteiger partial charge in [0.25, 0.3) is 0 Å². The Morgan fingerprint density at radius 3 is 2.53 bits per heavy atom. The van der Waals surface area contributed by atoms with Crippen molar-refractivity contribution >= 4 is 18.3 Å². The second-order valence-electron chi connectivity index (χ2n) is 5.12. The van der Waals surface area contributed by atoms with E-state index in [1.165, 1.54) is 18.4 Å². The fourth-order valence-electron chi connectivity index (χ4n) is 2.34. The lowest BCUT2D eigenvalue weighted by atomic mass is 10.1. The molecule has 4 heteroatoms. The molecular weight excluding hydrogens is 260 g/mol. The van der Waals surface area contributed by atoms with Crippen LogP contribution in [-0.2, 0) is 11.3 Å². The molecule has 0 bridgehead atoms. The fraction of sp³-hybridized carbons (Fsp3) is 0.533. The largest absolute Gasteiger partial charge is 0.335 e. The van der Waals surface area contributed by atoms with Crippen LogP contribution >= 0.6 is 12.4 Å². The van der Waals surface area contributed by atoms with E-state index in [1.54, 1.807) is 0 Å². The average molecular weight is 283 g/mol. The molecule has 0 heterocycles. The smallest absolute Gasteiger partial charge is 0.224 e. The van der Waals surface area contributed by atoms with E-state index in [1.807, 2.05) is 23.1 Å². The molecule has 1 aliphatic carbocycles. The number of nitrogens with two attached hydrogens (primary N) is 1. The Balaban J connectivity index is 0.00000180. The van der Waals surface area contributed by atoms with E-state index >= 15 is 0 Å². The predicted molar refractivity (Wildman–Crippen MR) is 80.1 cm³/mol. The Morgan fingerprint density at radius 2 is 2.00 bits per heavy atom. The van der Waals surface area contributed by atoms with Gasteiger partial charge < -0.3 is 10.6 Å². The van der Waals surface area contributed by atoms with E-state index in [2.05, 4.69) is 19.1 Å². The third-order valence-electron chi connectivity index (χ3n) is 3.67. The second-order valence-corrected chi connectivity index (χ2v) is 5.12. The minimum atomic E-state index is 0. The SMILES string of the molecule is CC(C1CC1)N(Cc1ccccc1)C(=O)CCN.Cl. The van der Waals surface area contributed by atoms with E-state index in [0.717, 1.165) is 0 Å². The minimum absolute atomic E-state index is 0. The molecule has 0 saturated heterocycles. The number of carbonyl (C=O) groups is 1. The molecule has 106 valence electrons. The van der Waals surface area contributed by atoms with Crippen LogP contribution in [0.25, 0.3) is 0 Å². The molecule has 0 aliphatic heterocycles. The Labute approximate surface area is 121 Å². The summed E-state index contributed by atoms with van der Waals surface area (Å²) in [6, 6.07) is 10.5. The molecule has 19 heavy (non-hydrogen) atoms. The number of nitrogens with zero attached hydrogens (tertiary/aromatic N) is 1. The van der Waals surface area contributed by atoms with Crippen molar-refractivity contribution < 1.29 is 4.79 Å². The second kappa shape index (κ2) is 7.51. The summed E-state index contributed by atoms with van der Waals surface area (Å²) in [5, 5.41) is 0. The van der Waals surface area contributed by atoms with Crippen LogP contribution < -0.4 is 5.73 Å². The lowest BCUT2D eigenvalue weighted by Crippen LogP contribution is -2.40. The first-order chi connectivity index (χ1) is 8.72. The Bertz CT molecular complexity index is 392. The molecule has 1 saturated carbocycles. The molecule has 1 atom stereocenters. The number of hydrogen-bond donors (Lipinski definition) is 1. The van der Waals surface area contributed by atoms with Crippen LogP contribution in [0.1, 0.15) is 31.7 Å². The van der Waals surface area contributed by atoms with E-state index < -0.39 is 0 Å². The zero-order valence-electron chi connectivity index (χ0n) is 11.4. The van der Waals surface area contributed by atoms with Crippen LogP contribution in [0.2, 0.25) is 0 Å². The molecule has 1 aliphatic rings. The van der Waals surface area contributed by atoms with Crippen LogP contribution in [0.5, 0.6) is 0 Å². The Kier molecular flexibility index (Phi) is 6.32. The van der Waals surface area contributed by atoms with Gasteiger partial charge in [0.05, 0.1) is 0 Å². The van der Waals surface area contributed by atoms with Gasteiger partial charge in [-0.25, -0.2) is 0 Å². The molecule has 1 aromatic carbocycles. The van der Waals surface area contributed by atoms with Gasteiger partial charge in [0, 0.05) is 25.6 Å². The van der Waals surface area contributed by atoms with Gasteiger partial charge in [-0.1, -0.05) is 30.3 Å². The molecule has 0 spiro atoms. The topological polar surface area (TPSA) is 46.3 Å². The van der Waals surface area contributed by atoms with Crippen molar-refractivity contribution in [1.29, 1.82) is 0 Å². The van der Waals surface area contributed by atoms with E-state index in [9.17, 15) is 4.79 Å². The first-order valence-corrected chi connectivity index (χ1v) is 6.76. The van der Waals surface area contributed by atoms with E-state index in [0.29, 0.717) is 31.5 Å².